The van der Waals surface area contributed by atoms with Crippen LogP contribution in [0, 0.1) is 0 Å². The predicted molar refractivity (Wildman–Crippen MR) is 131 cm³/mol. The lowest BCUT2D eigenvalue weighted by Crippen LogP contribution is -3.00. The summed E-state index contributed by atoms with van der Waals surface area (Å²) in [5.41, 5.74) is 7.52. The smallest absolute Gasteiger partial charge is 0.242 e. The second kappa shape index (κ2) is 9.30. The zero-order valence-corrected chi connectivity index (χ0v) is 22.2. The number of primary sulfonamides is 1. The zero-order chi connectivity index (χ0) is 25.9. The van der Waals surface area contributed by atoms with Gasteiger partial charge in [-0.3, -0.25) is 0 Å². The van der Waals surface area contributed by atoms with E-state index < -0.39 is 29.8 Å². The van der Waals surface area contributed by atoms with Crippen LogP contribution in [0.3, 0.4) is 0 Å². The molecule has 4 aromatic rings. The number of tetrazole rings is 1. The summed E-state index contributed by atoms with van der Waals surface area (Å²) in [6.45, 7) is 1.33. The van der Waals surface area contributed by atoms with Crippen LogP contribution in [0.4, 0.5) is 5.95 Å². The molecule has 0 bridgehead atoms. The molecule has 0 spiro atoms. The molecule has 0 amide bonds. The molecule has 198 valence electrons. The lowest BCUT2D eigenvalue weighted by atomic mass is 9.98. The molecule has 14 nitrogen and oxygen atoms in total. The number of imidazole rings is 1. The van der Waals surface area contributed by atoms with Crippen molar-refractivity contribution in [3.05, 3.63) is 30.3 Å². The molecule has 2 aromatic heterocycles. The summed E-state index contributed by atoms with van der Waals surface area (Å²) in [6, 6.07) is 7.49. The van der Waals surface area contributed by atoms with Gasteiger partial charge in [-0.25, -0.2) is 31.7 Å². The average Bonchev–Trinajstić information content (AvgIpc) is 3.51. The van der Waals surface area contributed by atoms with Crippen molar-refractivity contribution in [2.24, 2.45) is 5.14 Å². The van der Waals surface area contributed by atoms with Crippen molar-refractivity contribution in [1.29, 1.82) is 0 Å². The van der Waals surface area contributed by atoms with Crippen LogP contribution in [-0.4, -0.2) is 85.1 Å². The number of hydrogen-bond donors (Lipinski definition) is 5. The van der Waals surface area contributed by atoms with Gasteiger partial charge in [0.05, 0.1) is 49.8 Å². The van der Waals surface area contributed by atoms with E-state index in [-0.39, 0.29) is 41.3 Å². The second-order valence-electron chi connectivity index (χ2n) is 9.37. The van der Waals surface area contributed by atoms with Gasteiger partial charge in [-0.1, -0.05) is 18.2 Å². The van der Waals surface area contributed by atoms with E-state index in [2.05, 4.69) is 35.3 Å². The Balaban J connectivity index is 0.00000320. The number of sulfonamides is 2. The van der Waals surface area contributed by atoms with Gasteiger partial charge < -0.3 is 27.6 Å². The van der Waals surface area contributed by atoms with E-state index in [0.717, 1.165) is 6.54 Å². The Bertz CT molecular complexity index is 1690. The highest BCUT2D eigenvalue weighted by atomic mass is 35.5. The molecule has 1 fully saturated rings. The number of benzene rings is 2. The summed E-state index contributed by atoms with van der Waals surface area (Å²) in [7, 11) is -4.92. The number of fused-ring (bicyclic) bond motifs is 1. The molecule has 1 aliphatic heterocycles. The fraction of sp³-hybridized carbons (Fsp3) is 0.300. The lowest BCUT2D eigenvalue weighted by molar-refractivity contribution is -0.878. The Hall–Kier alpha value is -3.15. The Morgan fingerprint density at radius 1 is 1.11 bits per heavy atom. The first-order valence-corrected chi connectivity index (χ1v) is 13.9. The van der Waals surface area contributed by atoms with E-state index >= 15 is 0 Å². The van der Waals surface area contributed by atoms with E-state index in [1.807, 2.05) is 14.1 Å². The monoisotopic (exact) mass is 568 g/mol. The van der Waals surface area contributed by atoms with Crippen LogP contribution in [0.5, 0.6) is 0 Å². The Kier molecular flexibility index (Phi) is 6.76. The summed E-state index contributed by atoms with van der Waals surface area (Å²) in [6.07, 6.45) is 0.606. The lowest BCUT2D eigenvalue weighted by Gasteiger charge is -2.23. The number of halogens is 1. The quantitative estimate of drug-likeness (QED) is 0.147. The minimum Gasteiger partial charge on any atom is -1.00 e. The van der Waals surface area contributed by atoms with Gasteiger partial charge in [-0.2, -0.15) is 5.21 Å². The van der Waals surface area contributed by atoms with Crippen LogP contribution in [0.2, 0.25) is 0 Å². The molecule has 7 N–H and O–H groups in total. The Morgan fingerprint density at radius 3 is 2.49 bits per heavy atom. The topological polar surface area (TPSA) is 215 Å². The third-order valence-electron chi connectivity index (χ3n) is 6.21. The molecule has 0 aliphatic carbocycles. The summed E-state index contributed by atoms with van der Waals surface area (Å²) in [4.78, 5) is 6.08. The number of likely N-dealkylation sites (N-methyl/N-ethyl adjacent to an activating group) is 1. The van der Waals surface area contributed by atoms with Gasteiger partial charge in [-0.15, -0.1) is 10.2 Å². The molecule has 0 unspecified atom stereocenters. The standard InChI is InChI=1S/C20H25N10O4S2.ClH/c1-30(2)9-8-11(10-30)27-36(33,34)15-7-6-12(13-4-3-5-14-17(13)24-20(21)23-14)16(18(15)35(22,31)32)19-25-28-29-26-19;/h3-7,11,27H,8-10H2,1-2H3,(H3,21,23,24)(H2,22,31,32)(H,25,26,28,29);1H/q+1;/p-1/t11-;/m1./s1. The maximum Gasteiger partial charge on any atom is 0.242 e. The number of aromatic nitrogens is 6. The number of hydrogen-bond acceptors (Lipinski definition) is 9. The molecule has 1 aliphatic rings. The number of likely N-dealkylation sites (tertiary alicyclic amines) is 1. The minimum absolute atomic E-state index is 0. The highest BCUT2D eigenvalue weighted by Crippen LogP contribution is 2.40. The SMILES string of the molecule is C[N+]1(C)CC[C@@H](NS(=O)(=O)c2ccc(-c3cccc4[nH]c(N)nc34)c(-c3nn[nH]n3)c2S(N)(=O)=O)C1.[Cl-]. The minimum atomic E-state index is -4.61. The van der Waals surface area contributed by atoms with E-state index in [1.54, 1.807) is 18.2 Å². The van der Waals surface area contributed by atoms with E-state index in [1.165, 1.54) is 12.1 Å². The number of nitrogens with one attached hydrogen (secondary N) is 3. The van der Waals surface area contributed by atoms with Crippen molar-refractivity contribution in [3.8, 4) is 22.5 Å². The number of nitrogen functional groups attached to an aromatic ring is 1. The van der Waals surface area contributed by atoms with Gasteiger partial charge in [0, 0.05) is 12.0 Å². The van der Waals surface area contributed by atoms with E-state index in [0.29, 0.717) is 34.0 Å². The number of aromatic amines is 2. The zero-order valence-electron chi connectivity index (χ0n) is 19.8. The van der Waals surface area contributed by atoms with Crippen molar-refractivity contribution >= 4 is 37.0 Å². The summed E-state index contributed by atoms with van der Waals surface area (Å²) in [5.74, 6) is 0.0109. The summed E-state index contributed by atoms with van der Waals surface area (Å²) in [5, 5.41) is 19.3. The normalized spacial score (nSPS) is 17.6. The number of nitrogens with two attached hydrogens (primary N) is 2. The largest absolute Gasteiger partial charge is 1.00 e. The summed E-state index contributed by atoms with van der Waals surface area (Å²) >= 11 is 0. The van der Waals surface area contributed by atoms with Gasteiger partial charge in [0.15, 0.2) is 5.95 Å². The number of rotatable bonds is 6. The fourth-order valence-electron chi connectivity index (χ4n) is 4.70. The molecule has 3 heterocycles. The van der Waals surface area contributed by atoms with Crippen LogP contribution in [0.1, 0.15) is 6.42 Å². The first-order chi connectivity index (χ1) is 16.9. The molecular weight excluding hydrogens is 544 g/mol. The van der Waals surface area contributed by atoms with Crippen LogP contribution < -0.4 is 28.0 Å². The molecule has 5 rings (SSSR count). The number of H-pyrrole nitrogens is 2. The van der Waals surface area contributed by atoms with Crippen molar-refractivity contribution in [2.75, 3.05) is 32.9 Å². The van der Waals surface area contributed by atoms with Gasteiger partial charge >= 0.3 is 0 Å². The third kappa shape index (κ3) is 5.03. The van der Waals surface area contributed by atoms with Crippen LogP contribution in [0.15, 0.2) is 40.1 Å². The molecule has 0 radical (unpaired) electrons. The van der Waals surface area contributed by atoms with Gasteiger partial charge in [0.25, 0.3) is 0 Å². The number of nitrogens with zero attached hydrogens (tertiary/aromatic N) is 5. The van der Waals surface area contributed by atoms with Gasteiger partial charge in [-0.05, 0) is 22.9 Å². The van der Waals surface area contributed by atoms with E-state index in [9.17, 15) is 16.8 Å². The van der Waals surface area contributed by atoms with Crippen LogP contribution >= 0.6 is 0 Å². The second-order valence-corrected chi connectivity index (χ2v) is 12.5. The molecule has 1 saturated heterocycles. The third-order valence-corrected chi connectivity index (χ3v) is 8.89. The van der Waals surface area contributed by atoms with E-state index in [4.69, 9.17) is 10.9 Å². The first kappa shape index (κ1) is 26.9. The highest BCUT2D eigenvalue weighted by molar-refractivity contribution is 7.92. The molecule has 0 saturated carbocycles. The average molecular weight is 569 g/mol. The van der Waals surface area contributed by atoms with Crippen molar-refractivity contribution in [2.45, 2.75) is 22.3 Å². The number of anilines is 1. The Morgan fingerprint density at radius 2 is 1.86 bits per heavy atom. The molecule has 1 atom stereocenters. The van der Waals surface area contributed by atoms with Gasteiger partial charge in [0.2, 0.25) is 25.9 Å². The first-order valence-electron chi connectivity index (χ1n) is 10.9. The fourth-order valence-corrected chi connectivity index (χ4v) is 7.57. The maximum absolute atomic E-state index is 13.5. The number of para-hydroxylation sites is 1. The van der Waals surface area contributed by atoms with Gasteiger partial charge in [0.1, 0.15) is 9.79 Å². The molecule has 2 aromatic carbocycles. The highest BCUT2D eigenvalue weighted by Gasteiger charge is 2.37. The van der Waals surface area contributed by atoms with Crippen molar-refractivity contribution in [1.82, 2.24) is 35.3 Å². The maximum atomic E-state index is 13.5. The summed E-state index contributed by atoms with van der Waals surface area (Å²) < 4.78 is 56.2. The Labute approximate surface area is 218 Å². The van der Waals surface area contributed by atoms with Crippen molar-refractivity contribution in [3.63, 3.8) is 0 Å². The predicted octanol–water partition coefficient (Wildman–Crippen LogP) is -3.23. The molecule has 17 heteroatoms. The van der Waals surface area contributed by atoms with Crippen LogP contribution in [0.25, 0.3) is 33.5 Å². The van der Waals surface area contributed by atoms with Crippen molar-refractivity contribution < 1.29 is 33.7 Å². The number of quaternary nitrogens is 1. The molecular formula is C20H25ClN10O4S2. The van der Waals surface area contributed by atoms with Crippen LogP contribution in [-0.2, 0) is 20.0 Å². The molecule has 37 heavy (non-hydrogen) atoms.